The van der Waals surface area contributed by atoms with E-state index >= 15 is 0 Å². The lowest BCUT2D eigenvalue weighted by Crippen LogP contribution is -2.13. The Kier molecular flexibility index (Phi) is 16.0. The molecule has 6 aromatic rings. The van der Waals surface area contributed by atoms with Crippen LogP contribution in [-0.2, 0) is 44.1 Å². The smallest absolute Gasteiger partial charge is 0.303 e. The maximum absolute atomic E-state index is 11.4. The zero-order valence-corrected chi connectivity index (χ0v) is 36.7. The van der Waals surface area contributed by atoms with E-state index < -0.39 is 11.9 Å². The van der Waals surface area contributed by atoms with E-state index in [2.05, 4.69) is 48.1 Å². The summed E-state index contributed by atoms with van der Waals surface area (Å²) in [6.07, 6.45) is 7.62. The fraction of sp³-hybridized carbons (Fsp3) is 0.260. The van der Waals surface area contributed by atoms with E-state index in [1.54, 1.807) is 36.7 Å². The Hall–Kier alpha value is -6.63. The van der Waals surface area contributed by atoms with Gasteiger partial charge in [0.05, 0.1) is 27.6 Å². The average molecular weight is 886 g/mol. The number of aryl methyl sites for hydroxylation is 2. The van der Waals surface area contributed by atoms with Gasteiger partial charge >= 0.3 is 5.97 Å². The van der Waals surface area contributed by atoms with Gasteiger partial charge in [-0.05, 0) is 108 Å². The molecule has 0 unspecified atom stereocenters. The van der Waals surface area contributed by atoms with Crippen LogP contribution in [0.25, 0.3) is 11.1 Å². The Bertz CT molecular complexity index is 2680. The molecule has 0 bridgehead atoms. The van der Waals surface area contributed by atoms with Gasteiger partial charge in [0.2, 0.25) is 0 Å². The van der Waals surface area contributed by atoms with Crippen LogP contribution in [0.4, 0.5) is 0 Å². The molecule has 63 heavy (non-hydrogen) atoms. The van der Waals surface area contributed by atoms with Gasteiger partial charge in [-0.25, -0.2) is 0 Å². The number of nitrogens with zero attached hydrogens (tertiary/aromatic N) is 4. The van der Waals surface area contributed by atoms with E-state index in [1.165, 1.54) is 12.4 Å². The van der Waals surface area contributed by atoms with E-state index in [1.807, 2.05) is 43.3 Å². The van der Waals surface area contributed by atoms with Crippen LogP contribution in [0.3, 0.4) is 0 Å². The zero-order chi connectivity index (χ0) is 44.9. The Morgan fingerprint density at radius 2 is 1.14 bits per heavy atom. The first-order chi connectivity index (χ1) is 30.5. The second-order valence-electron chi connectivity index (χ2n) is 15.0. The number of ether oxygens (including phenoxy) is 4. The maximum Gasteiger partial charge on any atom is 0.303 e. The molecule has 0 spiro atoms. The molecule has 0 aliphatic heterocycles. The van der Waals surface area contributed by atoms with E-state index in [0.29, 0.717) is 69.0 Å². The van der Waals surface area contributed by atoms with Crippen LogP contribution in [0, 0.1) is 42.4 Å². The standard InChI is InChI=1S/C50H46Cl2N4O7/c1-4-38-16-44(51)48(18-46(38)60-27-36-13-34(20-53)22-55-24-36)62-29-40-7-5-9-42(31(40)2)43-10-6-8-41(32(43)3)30-63-49-19-47(61-28-37-14-35(21-54)23-56-25-37)39(17-45(49)52)12-11-33(26-57)15-50(58)59/h5-10,13-14,16-19,22-25,33,57H,4,11-12,15,26-30H2,1-3H3,(H,58,59)/t33-/m1/s1. The first kappa shape index (κ1) is 45.9. The highest BCUT2D eigenvalue weighted by Gasteiger charge is 2.19. The van der Waals surface area contributed by atoms with E-state index in [9.17, 15) is 25.5 Å². The van der Waals surface area contributed by atoms with Crippen molar-refractivity contribution >= 4 is 29.2 Å². The van der Waals surface area contributed by atoms with Crippen molar-refractivity contribution in [2.45, 2.75) is 72.9 Å². The lowest BCUT2D eigenvalue weighted by molar-refractivity contribution is -0.138. The Morgan fingerprint density at radius 1 is 0.667 bits per heavy atom. The van der Waals surface area contributed by atoms with Gasteiger partial charge in [0.15, 0.2) is 0 Å². The summed E-state index contributed by atoms with van der Waals surface area (Å²) in [5.41, 5.74) is 10.1. The lowest BCUT2D eigenvalue weighted by atomic mass is 9.92. The Labute approximate surface area is 377 Å². The van der Waals surface area contributed by atoms with Gasteiger partial charge in [-0.3, -0.25) is 14.8 Å². The van der Waals surface area contributed by atoms with Crippen LogP contribution in [0.1, 0.15) is 75.4 Å². The number of rotatable bonds is 20. The van der Waals surface area contributed by atoms with Crippen LogP contribution in [0.5, 0.6) is 23.0 Å². The van der Waals surface area contributed by atoms with Gasteiger partial charge in [0, 0.05) is 54.7 Å². The van der Waals surface area contributed by atoms with Gasteiger partial charge in [0.25, 0.3) is 0 Å². The van der Waals surface area contributed by atoms with Crippen molar-refractivity contribution in [1.82, 2.24) is 9.97 Å². The van der Waals surface area contributed by atoms with Gasteiger partial charge < -0.3 is 29.2 Å². The number of hydrogen-bond acceptors (Lipinski definition) is 10. The minimum absolute atomic E-state index is 0.117. The number of halogens is 2. The van der Waals surface area contributed by atoms with Gasteiger partial charge in [-0.1, -0.05) is 66.5 Å². The molecule has 6 rings (SSSR count). The molecule has 0 amide bonds. The molecular formula is C50H46Cl2N4O7. The maximum atomic E-state index is 11.4. The molecule has 0 saturated carbocycles. The molecular weight excluding hydrogens is 839 g/mol. The van der Waals surface area contributed by atoms with Gasteiger partial charge in [0.1, 0.15) is 61.6 Å². The summed E-state index contributed by atoms with van der Waals surface area (Å²) in [7, 11) is 0. The highest BCUT2D eigenvalue weighted by Crippen LogP contribution is 2.38. The number of aliphatic hydroxyl groups excluding tert-OH is 1. The SMILES string of the molecule is CCc1cc(Cl)c(OCc2cccc(-c3cccc(COc4cc(OCc5cncc(C#N)c5)c(CC[C@@H](CO)CC(=O)O)cc4Cl)c3C)c2C)cc1OCc1cncc(C#N)c1. The summed E-state index contributed by atoms with van der Waals surface area (Å²) >= 11 is 13.5. The highest BCUT2D eigenvalue weighted by atomic mass is 35.5. The molecule has 4 aromatic carbocycles. The molecule has 0 saturated heterocycles. The molecule has 322 valence electrons. The summed E-state index contributed by atoms with van der Waals surface area (Å²) in [5.74, 6) is 0.590. The van der Waals surface area contributed by atoms with Crippen molar-refractivity contribution < 1.29 is 34.0 Å². The third kappa shape index (κ3) is 12.1. The van der Waals surface area contributed by atoms with E-state index in [-0.39, 0.29) is 39.5 Å². The minimum Gasteiger partial charge on any atom is -0.488 e. The predicted octanol–water partition coefficient (Wildman–Crippen LogP) is 10.7. The molecule has 2 heterocycles. The minimum atomic E-state index is -0.982. The topological polar surface area (TPSA) is 168 Å². The fourth-order valence-electron chi connectivity index (χ4n) is 7.13. The third-order valence-electron chi connectivity index (χ3n) is 10.7. The monoisotopic (exact) mass is 884 g/mol. The number of carboxylic acid groups (broad SMARTS) is 1. The molecule has 1 atom stereocenters. The number of pyridine rings is 2. The van der Waals surface area contributed by atoms with E-state index in [4.69, 9.17) is 42.1 Å². The summed E-state index contributed by atoms with van der Waals surface area (Å²) in [6, 6.07) is 27.0. The first-order valence-electron chi connectivity index (χ1n) is 20.3. The van der Waals surface area contributed by atoms with Crippen molar-refractivity contribution in [2.75, 3.05) is 6.61 Å². The number of benzene rings is 4. The lowest BCUT2D eigenvalue weighted by Gasteiger charge is -2.19. The normalized spacial score (nSPS) is 11.3. The molecule has 0 aliphatic rings. The van der Waals surface area contributed by atoms with Crippen molar-refractivity contribution in [2.24, 2.45) is 5.92 Å². The number of aliphatic hydroxyl groups is 1. The molecule has 2 N–H and O–H groups in total. The number of nitriles is 2. The predicted molar refractivity (Wildman–Crippen MR) is 240 cm³/mol. The number of carboxylic acids is 1. The van der Waals surface area contributed by atoms with Crippen molar-refractivity contribution in [3.05, 3.63) is 163 Å². The van der Waals surface area contributed by atoms with Crippen LogP contribution in [-0.4, -0.2) is 32.8 Å². The van der Waals surface area contributed by atoms with Crippen molar-refractivity contribution in [3.63, 3.8) is 0 Å². The quantitative estimate of drug-likeness (QED) is 0.0748. The van der Waals surface area contributed by atoms with Crippen LogP contribution < -0.4 is 18.9 Å². The van der Waals surface area contributed by atoms with Crippen LogP contribution in [0.2, 0.25) is 10.0 Å². The van der Waals surface area contributed by atoms with Crippen molar-refractivity contribution in [3.8, 4) is 46.3 Å². The highest BCUT2D eigenvalue weighted by molar-refractivity contribution is 6.32. The number of aliphatic carboxylic acids is 1. The zero-order valence-electron chi connectivity index (χ0n) is 35.2. The molecule has 0 fully saturated rings. The Balaban J connectivity index is 1.18. The average Bonchev–Trinajstić information content (AvgIpc) is 3.29. The van der Waals surface area contributed by atoms with Crippen LogP contribution >= 0.6 is 23.2 Å². The summed E-state index contributed by atoms with van der Waals surface area (Å²) in [6.45, 7) is 6.70. The molecule has 0 aliphatic carbocycles. The van der Waals surface area contributed by atoms with Gasteiger partial charge in [-0.15, -0.1) is 0 Å². The van der Waals surface area contributed by atoms with Crippen molar-refractivity contribution in [1.29, 1.82) is 10.5 Å². The number of hydrogen-bond donors (Lipinski definition) is 2. The van der Waals surface area contributed by atoms with Gasteiger partial charge in [-0.2, -0.15) is 10.5 Å². The van der Waals surface area contributed by atoms with Crippen LogP contribution in [0.15, 0.2) is 97.6 Å². The number of aromatic nitrogens is 2. The Morgan fingerprint density at radius 3 is 1.60 bits per heavy atom. The fourth-order valence-corrected chi connectivity index (χ4v) is 7.61. The molecule has 13 heteroatoms. The van der Waals surface area contributed by atoms with E-state index in [0.717, 1.165) is 50.1 Å². The molecule has 0 radical (unpaired) electrons. The summed E-state index contributed by atoms with van der Waals surface area (Å²) in [4.78, 5) is 19.6. The second kappa shape index (κ2) is 21.9. The first-order valence-corrected chi connectivity index (χ1v) is 21.1. The number of carbonyl (C=O) groups is 1. The largest absolute Gasteiger partial charge is 0.488 e. The molecule has 2 aromatic heterocycles. The summed E-state index contributed by atoms with van der Waals surface area (Å²) < 4.78 is 25.1. The molecule has 11 nitrogen and oxygen atoms in total. The third-order valence-corrected chi connectivity index (χ3v) is 11.3. The second-order valence-corrected chi connectivity index (χ2v) is 15.9. The summed E-state index contributed by atoms with van der Waals surface area (Å²) in [5, 5.41) is 38.5.